The third-order valence-corrected chi connectivity index (χ3v) is 4.52. The van der Waals surface area contributed by atoms with E-state index >= 15 is 0 Å². The van der Waals surface area contributed by atoms with Crippen LogP contribution in [0.15, 0.2) is 45.6 Å². The highest BCUT2D eigenvalue weighted by Gasteiger charge is 2.21. The van der Waals surface area contributed by atoms with E-state index in [1.54, 1.807) is 37.3 Å². The second kappa shape index (κ2) is 7.32. The molecule has 0 fully saturated rings. The predicted octanol–water partition coefficient (Wildman–Crippen LogP) is 2.95. The van der Waals surface area contributed by atoms with Gasteiger partial charge in [-0.15, -0.1) is 0 Å². The molecular weight excluding hydrogens is 372 g/mol. The van der Waals surface area contributed by atoms with E-state index in [0.717, 1.165) is 5.56 Å². The van der Waals surface area contributed by atoms with Crippen LogP contribution in [0.2, 0.25) is 5.02 Å². The summed E-state index contributed by atoms with van der Waals surface area (Å²) in [6, 6.07) is 9.88. The summed E-state index contributed by atoms with van der Waals surface area (Å²) < 4.78 is 16.4. The second-order valence-corrected chi connectivity index (χ2v) is 6.40. The smallest absolute Gasteiger partial charge is 0.235 e. The van der Waals surface area contributed by atoms with E-state index in [1.165, 1.54) is 20.1 Å². The van der Waals surface area contributed by atoms with Crippen LogP contribution in [0.3, 0.4) is 0 Å². The maximum atomic E-state index is 13.0. The fourth-order valence-corrected chi connectivity index (χ4v) is 2.73. The number of hydrogen-bond donors (Lipinski definition) is 0. The normalized spacial score (nSPS) is 12.0. The van der Waals surface area contributed by atoms with Gasteiger partial charge in [0.15, 0.2) is 5.76 Å². The zero-order valence-corrected chi connectivity index (χ0v) is 15.6. The van der Waals surface area contributed by atoms with Crippen molar-refractivity contribution in [3.63, 3.8) is 0 Å². The SMILES string of the molecule is COc1ccc(-c2oc3cc(C)c(Cl)cc3c(=O)c2O[C@@H](C)C(=O)[O-])cc1. The van der Waals surface area contributed by atoms with Gasteiger partial charge in [0.25, 0.3) is 0 Å². The minimum atomic E-state index is -1.45. The van der Waals surface area contributed by atoms with Crippen LogP contribution in [-0.2, 0) is 4.79 Å². The summed E-state index contributed by atoms with van der Waals surface area (Å²) in [7, 11) is 1.54. The molecule has 1 heterocycles. The molecule has 0 N–H and O–H groups in total. The van der Waals surface area contributed by atoms with Crippen molar-refractivity contribution in [2.24, 2.45) is 0 Å². The summed E-state index contributed by atoms with van der Waals surface area (Å²) in [6.07, 6.45) is -1.34. The van der Waals surface area contributed by atoms with Crippen LogP contribution < -0.4 is 20.0 Å². The molecule has 3 aromatic rings. The van der Waals surface area contributed by atoms with E-state index in [-0.39, 0.29) is 16.9 Å². The van der Waals surface area contributed by atoms with Crippen LogP contribution in [0.5, 0.6) is 11.5 Å². The Morgan fingerprint density at radius 1 is 1.22 bits per heavy atom. The molecule has 0 amide bonds. The lowest BCUT2D eigenvalue weighted by molar-refractivity contribution is -0.312. The molecule has 0 unspecified atom stereocenters. The van der Waals surface area contributed by atoms with Crippen LogP contribution in [0.4, 0.5) is 0 Å². The largest absolute Gasteiger partial charge is 0.546 e. The Morgan fingerprint density at radius 2 is 1.89 bits per heavy atom. The van der Waals surface area contributed by atoms with Gasteiger partial charge in [-0.3, -0.25) is 4.79 Å². The van der Waals surface area contributed by atoms with Gasteiger partial charge in [-0.2, -0.15) is 0 Å². The molecule has 27 heavy (non-hydrogen) atoms. The topological polar surface area (TPSA) is 88.8 Å². The molecule has 0 saturated heterocycles. The Kier molecular flexibility index (Phi) is 5.10. The standard InChI is InChI=1S/C20H17ClO6/c1-10-8-16-14(9-15(10)21)17(22)19(26-11(2)20(23)24)18(27-16)12-4-6-13(25-3)7-5-12/h4-9,11H,1-3H3,(H,23,24)/p-1/t11-/m0/s1. The number of carboxylic acids is 1. The van der Waals surface area contributed by atoms with Gasteiger partial charge in [0.2, 0.25) is 11.2 Å². The van der Waals surface area contributed by atoms with Gasteiger partial charge in [-0.1, -0.05) is 11.6 Å². The maximum absolute atomic E-state index is 13.0. The highest BCUT2D eigenvalue weighted by atomic mass is 35.5. The summed E-state index contributed by atoms with van der Waals surface area (Å²) in [5, 5.41) is 11.7. The average Bonchev–Trinajstić information content (AvgIpc) is 2.65. The van der Waals surface area contributed by atoms with Crippen LogP contribution in [0.25, 0.3) is 22.3 Å². The zero-order valence-electron chi connectivity index (χ0n) is 14.9. The molecule has 0 spiro atoms. The zero-order chi connectivity index (χ0) is 19.7. The lowest BCUT2D eigenvalue weighted by atomic mass is 10.1. The number of fused-ring (bicyclic) bond motifs is 1. The molecule has 0 bridgehead atoms. The number of carbonyl (C=O) groups is 1. The molecule has 2 aromatic carbocycles. The predicted molar refractivity (Wildman–Crippen MR) is 99.3 cm³/mol. The van der Waals surface area contributed by atoms with Crippen molar-refractivity contribution in [2.75, 3.05) is 7.11 Å². The highest BCUT2D eigenvalue weighted by Crippen LogP contribution is 2.34. The molecule has 0 aliphatic rings. The van der Waals surface area contributed by atoms with Gasteiger partial charge in [0.1, 0.15) is 17.4 Å². The van der Waals surface area contributed by atoms with Crippen molar-refractivity contribution in [1.82, 2.24) is 0 Å². The third-order valence-electron chi connectivity index (χ3n) is 4.11. The summed E-state index contributed by atoms with van der Waals surface area (Å²) in [5.41, 5.74) is 1.07. The quantitative estimate of drug-likeness (QED) is 0.668. The number of methoxy groups -OCH3 is 1. The van der Waals surface area contributed by atoms with Crippen LogP contribution in [0.1, 0.15) is 12.5 Å². The molecule has 3 rings (SSSR count). The minimum Gasteiger partial charge on any atom is -0.546 e. The van der Waals surface area contributed by atoms with Crippen LogP contribution in [-0.4, -0.2) is 19.2 Å². The van der Waals surface area contributed by atoms with Crippen molar-refractivity contribution in [2.45, 2.75) is 20.0 Å². The van der Waals surface area contributed by atoms with Crippen molar-refractivity contribution in [1.29, 1.82) is 0 Å². The molecule has 0 aliphatic heterocycles. The Balaban J connectivity index is 2.29. The van der Waals surface area contributed by atoms with Gasteiger partial charge in [0, 0.05) is 10.6 Å². The highest BCUT2D eigenvalue weighted by molar-refractivity contribution is 6.32. The average molecular weight is 388 g/mol. The second-order valence-electron chi connectivity index (χ2n) is 5.99. The van der Waals surface area contributed by atoms with E-state index in [0.29, 0.717) is 21.9 Å². The number of aliphatic carboxylic acids is 1. The fraction of sp³-hybridized carbons (Fsp3) is 0.200. The molecular formula is C20H16ClO6-. The summed E-state index contributed by atoms with van der Waals surface area (Å²) in [4.78, 5) is 24.1. The first-order valence-electron chi connectivity index (χ1n) is 8.10. The third kappa shape index (κ3) is 3.61. The number of aryl methyl sites for hydroxylation is 1. The van der Waals surface area contributed by atoms with E-state index in [9.17, 15) is 14.7 Å². The Labute approximate surface area is 159 Å². The molecule has 0 saturated carbocycles. The van der Waals surface area contributed by atoms with Gasteiger partial charge in [0.05, 0.1) is 18.5 Å². The molecule has 0 aliphatic carbocycles. The first-order valence-corrected chi connectivity index (χ1v) is 8.48. The molecule has 0 radical (unpaired) electrons. The Bertz CT molecular complexity index is 1070. The molecule has 6 nitrogen and oxygen atoms in total. The Morgan fingerprint density at radius 3 is 2.48 bits per heavy atom. The van der Waals surface area contributed by atoms with Crippen molar-refractivity contribution in [3.05, 3.63) is 57.2 Å². The number of halogens is 1. The van der Waals surface area contributed by atoms with Crippen molar-refractivity contribution >= 4 is 28.5 Å². The van der Waals surface area contributed by atoms with E-state index in [2.05, 4.69) is 0 Å². The van der Waals surface area contributed by atoms with E-state index in [4.69, 9.17) is 25.5 Å². The lowest BCUT2D eigenvalue weighted by Crippen LogP contribution is -2.38. The number of ether oxygens (including phenoxy) is 2. The fourth-order valence-electron chi connectivity index (χ4n) is 2.56. The Hall–Kier alpha value is -2.99. The number of hydrogen-bond acceptors (Lipinski definition) is 6. The first kappa shape index (κ1) is 18.8. The van der Waals surface area contributed by atoms with Crippen molar-refractivity contribution in [3.8, 4) is 22.8 Å². The van der Waals surface area contributed by atoms with Crippen LogP contribution >= 0.6 is 11.6 Å². The lowest BCUT2D eigenvalue weighted by Gasteiger charge is -2.18. The van der Waals surface area contributed by atoms with Crippen LogP contribution in [0, 0.1) is 6.92 Å². The first-order chi connectivity index (χ1) is 12.8. The minimum absolute atomic E-state index is 0.116. The number of benzene rings is 2. The van der Waals surface area contributed by atoms with Crippen molar-refractivity contribution < 1.29 is 23.8 Å². The van der Waals surface area contributed by atoms with E-state index < -0.39 is 17.5 Å². The molecule has 1 atom stereocenters. The molecule has 140 valence electrons. The number of rotatable bonds is 5. The van der Waals surface area contributed by atoms with Gasteiger partial charge in [-0.25, -0.2) is 0 Å². The summed E-state index contributed by atoms with van der Waals surface area (Å²) in [5.74, 6) is -0.929. The summed E-state index contributed by atoms with van der Waals surface area (Å²) >= 11 is 6.12. The van der Waals surface area contributed by atoms with E-state index in [1.807, 2.05) is 0 Å². The molecule has 7 heteroatoms. The van der Waals surface area contributed by atoms with Gasteiger partial charge < -0.3 is 23.8 Å². The number of carbonyl (C=O) groups excluding carboxylic acids is 1. The maximum Gasteiger partial charge on any atom is 0.235 e. The number of carboxylic acid groups (broad SMARTS) is 1. The molecule has 1 aromatic heterocycles. The van der Waals surface area contributed by atoms with Gasteiger partial charge in [-0.05, 0) is 55.8 Å². The van der Waals surface area contributed by atoms with Gasteiger partial charge >= 0.3 is 0 Å². The summed E-state index contributed by atoms with van der Waals surface area (Å²) in [6.45, 7) is 3.07. The monoisotopic (exact) mass is 387 g/mol.